The van der Waals surface area contributed by atoms with Crippen molar-refractivity contribution in [2.45, 2.75) is 26.3 Å². The van der Waals surface area contributed by atoms with Crippen molar-refractivity contribution in [3.63, 3.8) is 0 Å². The van der Waals surface area contributed by atoms with Gasteiger partial charge in [-0.3, -0.25) is 9.59 Å². The second-order valence-electron chi connectivity index (χ2n) is 4.63. The van der Waals surface area contributed by atoms with Gasteiger partial charge in [-0.15, -0.1) is 0 Å². The highest BCUT2D eigenvalue weighted by Gasteiger charge is 2.22. The number of hydrogen-bond acceptors (Lipinski definition) is 5. The Morgan fingerprint density at radius 1 is 1.32 bits per heavy atom. The number of primary amides is 1. The molecule has 0 unspecified atom stereocenters. The van der Waals surface area contributed by atoms with Crippen LogP contribution in [0.5, 0.6) is 0 Å². The molecule has 1 rings (SSSR count). The highest BCUT2D eigenvalue weighted by atomic mass is 16.5. The first-order valence-corrected chi connectivity index (χ1v) is 5.88. The normalized spacial score (nSPS) is 11.1. The Balaban J connectivity index is 2.70. The van der Waals surface area contributed by atoms with Gasteiger partial charge in [-0.05, 0) is 20.8 Å². The topological polar surface area (TPSA) is 107 Å². The monoisotopic (exact) mass is 266 g/mol. The van der Waals surface area contributed by atoms with Crippen LogP contribution in [0.2, 0.25) is 0 Å². The van der Waals surface area contributed by atoms with Gasteiger partial charge in [0, 0.05) is 6.61 Å². The van der Waals surface area contributed by atoms with Crippen LogP contribution in [0.15, 0.2) is 12.4 Å². The van der Waals surface area contributed by atoms with E-state index in [9.17, 15) is 9.59 Å². The van der Waals surface area contributed by atoms with Crippen LogP contribution in [-0.2, 0) is 4.74 Å². The second-order valence-corrected chi connectivity index (χ2v) is 4.63. The number of aromatic nitrogens is 2. The molecule has 0 aliphatic rings. The molecule has 0 aliphatic carbocycles. The maximum Gasteiger partial charge on any atom is 0.271 e. The van der Waals surface area contributed by atoms with Crippen LogP contribution >= 0.6 is 0 Å². The highest BCUT2D eigenvalue weighted by Crippen LogP contribution is 2.05. The minimum absolute atomic E-state index is 0.0186. The Labute approximate surface area is 111 Å². The van der Waals surface area contributed by atoms with Gasteiger partial charge in [0.25, 0.3) is 11.8 Å². The summed E-state index contributed by atoms with van der Waals surface area (Å²) in [4.78, 5) is 30.4. The predicted molar refractivity (Wildman–Crippen MR) is 68.6 cm³/mol. The maximum absolute atomic E-state index is 11.9. The summed E-state index contributed by atoms with van der Waals surface area (Å²) in [7, 11) is 0. The predicted octanol–water partition coefficient (Wildman–Crippen LogP) is 0.120. The van der Waals surface area contributed by atoms with E-state index in [0.29, 0.717) is 13.2 Å². The molecule has 0 aromatic carbocycles. The fourth-order valence-corrected chi connectivity index (χ4v) is 1.34. The van der Waals surface area contributed by atoms with E-state index >= 15 is 0 Å². The molecule has 0 aliphatic heterocycles. The molecule has 104 valence electrons. The van der Waals surface area contributed by atoms with Crippen LogP contribution in [0.25, 0.3) is 0 Å². The minimum atomic E-state index is -0.684. The van der Waals surface area contributed by atoms with Gasteiger partial charge in [0.05, 0.1) is 24.5 Å². The van der Waals surface area contributed by atoms with Gasteiger partial charge in [0.1, 0.15) is 11.4 Å². The van der Waals surface area contributed by atoms with Crippen LogP contribution in [0.1, 0.15) is 41.7 Å². The van der Waals surface area contributed by atoms with Gasteiger partial charge in [-0.2, -0.15) is 0 Å². The smallest absolute Gasteiger partial charge is 0.271 e. The third kappa shape index (κ3) is 4.63. The molecular weight excluding hydrogens is 248 g/mol. The number of nitrogens with one attached hydrogen (secondary N) is 1. The van der Waals surface area contributed by atoms with Gasteiger partial charge >= 0.3 is 0 Å². The summed E-state index contributed by atoms with van der Waals surface area (Å²) >= 11 is 0. The molecule has 0 saturated heterocycles. The molecular formula is C12H18N4O3. The fraction of sp³-hybridized carbons (Fsp3) is 0.500. The van der Waals surface area contributed by atoms with Gasteiger partial charge in [0.2, 0.25) is 0 Å². The Morgan fingerprint density at radius 3 is 2.37 bits per heavy atom. The number of carbonyl (C=O) groups excluding carboxylic acids is 2. The zero-order chi connectivity index (χ0) is 14.5. The number of nitrogens with zero attached hydrogens (tertiary/aromatic N) is 2. The molecule has 0 spiro atoms. The van der Waals surface area contributed by atoms with Crippen molar-refractivity contribution in [1.82, 2.24) is 15.3 Å². The molecule has 1 heterocycles. The molecule has 0 fully saturated rings. The van der Waals surface area contributed by atoms with Crippen LogP contribution in [-0.4, -0.2) is 40.5 Å². The lowest BCUT2D eigenvalue weighted by Gasteiger charge is -2.25. The Hall–Kier alpha value is -2.02. The van der Waals surface area contributed by atoms with E-state index in [1.807, 2.05) is 20.8 Å². The van der Waals surface area contributed by atoms with E-state index in [1.54, 1.807) is 0 Å². The first kappa shape index (κ1) is 15.0. The SMILES string of the molecule is CCOCC(C)(C)NC(=O)c1cnc(C(N)=O)cn1. The van der Waals surface area contributed by atoms with E-state index in [-0.39, 0.29) is 17.3 Å². The molecule has 0 radical (unpaired) electrons. The zero-order valence-electron chi connectivity index (χ0n) is 11.3. The lowest BCUT2D eigenvalue weighted by atomic mass is 10.1. The Kier molecular flexibility index (Phi) is 4.94. The molecule has 7 heteroatoms. The number of carbonyl (C=O) groups is 2. The molecule has 1 aromatic rings. The van der Waals surface area contributed by atoms with Crippen LogP contribution in [0, 0.1) is 0 Å². The first-order chi connectivity index (χ1) is 8.85. The van der Waals surface area contributed by atoms with Crippen molar-refractivity contribution >= 4 is 11.8 Å². The summed E-state index contributed by atoms with van der Waals surface area (Å²) in [6.07, 6.45) is 2.39. The summed E-state index contributed by atoms with van der Waals surface area (Å²) in [5.41, 5.74) is 4.66. The van der Waals surface area contributed by atoms with Crippen molar-refractivity contribution in [1.29, 1.82) is 0 Å². The minimum Gasteiger partial charge on any atom is -0.379 e. The van der Waals surface area contributed by atoms with Crippen molar-refractivity contribution in [2.24, 2.45) is 5.73 Å². The van der Waals surface area contributed by atoms with Crippen molar-refractivity contribution in [3.8, 4) is 0 Å². The van der Waals surface area contributed by atoms with E-state index in [0.717, 1.165) is 0 Å². The van der Waals surface area contributed by atoms with E-state index in [2.05, 4.69) is 15.3 Å². The van der Waals surface area contributed by atoms with Crippen LogP contribution in [0.3, 0.4) is 0 Å². The maximum atomic E-state index is 11.9. The number of rotatable bonds is 6. The molecule has 0 saturated carbocycles. The molecule has 0 atom stereocenters. The van der Waals surface area contributed by atoms with Gasteiger partial charge < -0.3 is 15.8 Å². The second kappa shape index (κ2) is 6.24. The standard InChI is InChI=1S/C12H18N4O3/c1-4-19-7-12(2,3)16-11(18)9-6-14-8(5-15-9)10(13)17/h5-6H,4,7H2,1-3H3,(H2,13,17)(H,16,18). The molecule has 19 heavy (non-hydrogen) atoms. The van der Waals surface area contributed by atoms with E-state index in [4.69, 9.17) is 10.5 Å². The average Bonchev–Trinajstić information content (AvgIpc) is 2.36. The van der Waals surface area contributed by atoms with E-state index in [1.165, 1.54) is 12.4 Å². The lowest BCUT2D eigenvalue weighted by molar-refractivity contribution is 0.0721. The Morgan fingerprint density at radius 2 is 1.89 bits per heavy atom. The van der Waals surface area contributed by atoms with Gasteiger partial charge in [0.15, 0.2) is 0 Å². The molecule has 3 N–H and O–H groups in total. The quantitative estimate of drug-likeness (QED) is 0.760. The summed E-state index contributed by atoms with van der Waals surface area (Å²) in [6, 6.07) is 0. The largest absolute Gasteiger partial charge is 0.379 e. The number of amides is 2. The molecule has 1 aromatic heterocycles. The first-order valence-electron chi connectivity index (χ1n) is 5.88. The Bertz CT molecular complexity index is 457. The summed E-state index contributed by atoms with van der Waals surface area (Å²) in [5, 5.41) is 2.77. The van der Waals surface area contributed by atoms with Gasteiger partial charge in [-0.1, -0.05) is 0 Å². The zero-order valence-corrected chi connectivity index (χ0v) is 11.3. The molecule has 7 nitrogen and oxygen atoms in total. The van der Waals surface area contributed by atoms with Crippen molar-refractivity contribution < 1.29 is 14.3 Å². The highest BCUT2D eigenvalue weighted by molar-refractivity contribution is 5.94. The van der Waals surface area contributed by atoms with Gasteiger partial charge in [-0.25, -0.2) is 9.97 Å². The van der Waals surface area contributed by atoms with Crippen molar-refractivity contribution in [3.05, 3.63) is 23.8 Å². The van der Waals surface area contributed by atoms with Crippen LogP contribution < -0.4 is 11.1 Å². The molecule has 2 amide bonds. The summed E-state index contributed by atoms with van der Waals surface area (Å²) < 4.78 is 5.27. The van der Waals surface area contributed by atoms with Crippen molar-refractivity contribution in [2.75, 3.05) is 13.2 Å². The average molecular weight is 266 g/mol. The number of nitrogens with two attached hydrogens (primary N) is 1. The van der Waals surface area contributed by atoms with E-state index < -0.39 is 11.4 Å². The summed E-state index contributed by atoms with van der Waals surface area (Å²) in [6.45, 7) is 6.53. The molecule has 0 bridgehead atoms. The third-order valence-corrected chi connectivity index (χ3v) is 2.26. The fourth-order valence-electron chi connectivity index (χ4n) is 1.34. The lowest BCUT2D eigenvalue weighted by Crippen LogP contribution is -2.47. The number of hydrogen-bond donors (Lipinski definition) is 2. The van der Waals surface area contributed by atoms with Crippen LogP contribution in [0.4, 0.5) is 0 Å². The summed E-state index contributed by atoms with van der Waals surface area (Å²) in [5.74, 6) is -1.07. The number of ether oxygens (including phenoxy) is 1. The third-order valence-electron chi connectivity index (χ3n) is 2.26.